The lowest BCUT2D eigenvalue weighted by Gasteiger charge is -1.95. The first-order valence-electron chi connectivity index (χ1n) is 3.30. The highest BCUT2D eigenvalue weighted by Gasteiger charge is 1.90. The molecule has 0 amide bonds. The summed E-state index contributed by atoms with van der Waals surface area (Å²) in [5.74, 6) is 1.69. The van der Waals surface area contributed by atoms with Gasteiger partial charge in [-0.25, -0.2) is 4.79 Å². The van der Waals surface area contributed by atoms with Crippen molar-refractivity contribution in [1.29, 1.82) is 0 Å². The Hall–Kier alpha value is -1.59. The van der Waals surface area contributed by atoms with E-state index in [9.17, 15) is 4.79 Å². The maximum Gasteiger partial charge on any atom is 0.125 e. The first-order chi connectivity index (χ1) is 5.34. The highest BCUT2D eigenvalue weighted by Crippen LogP contribution is 2.10. The Morgan fingerprint density at radius 3 is 2.55 bits per heavy atom. The highest BCUT2D eigenvalue weighted by molar-refractivity contribution is 5.79. The SMILES string of the molecule is C=C(C=C=O)c1ccccc1. The van der Waals surface area contributed by atoms with E-state index in [0.717, 1.165) is 5.56 Å². The Morgan fingerprint density at radius 1 is 1.36 bits per heavy atom. The molecule has 1 nitrogen and oxygen atoms in total. The summed E-state index contributed by atoms with van der Waals surface area (Å²) < 4.78 is 0. The second-order valence-electron chi connectivity index (χ2n) is 2.15. The van der Waals surface area contributed by atoms with Crippen molar-refractivity contribution in [2.24, 2.45) is 0 Å². The fourth-order valence-electron chi connectivity index (χ4n) is 0.807. The molecule has 1 aromatic rings. The molecule has 0 spiro atoms. The average Bonchev–Trinajstić information content (AvgIpc) is 2.07. The molecule has 0 aliphatic heterocycles. The first-order valence-corrected chi connectivity index (χ1v) is 3.30. The van der Waals surface area contributed by atoms with Crippen LogP contribution in [0.5, 0.6) is 0 Å². The van der Waals surface area contributed by atoms with Crippen LogP contribution in [0.1, 0.15) is 5.56 Å². The molecule has 1 aromatic carbocycles. The molecule has 11 heavy (non-hydrogen) atoms. The van der Waals surface area contributed by atoms with Crippen LogP contribution in [0, 0.1) is 0 Å². The molecule has 0 fully saturated rings. The van der Waals surface area contributed by atoms with Crippen molar-refractivity contribution in [3.8, 4) is 0 Å². The topological polar surface area (TPSA) is 17.1 Å². The predicted octanol–water partition coefficient (Wildman–Crippen LogP) is 2.09. The van der Waals surface area contributed by atoms with Gasteiger partial charge in [-0.2, -0.15) is 0 Å². The van der Waals surface area contributed by atoms with Crippen LogP contribution in [-0.2, 0) is 4.79 Å². The lowest BCUT2D eigenvalue weighted by molar-refractivity contribution is 0.569. The molecular formula is C10H8O. The molecule has 0 saturated carbocycles. The van der Waals surface area contributed by atoms with Gasteiger partial charge < -0.3 is 0 Å². The van der Waals surface area contributed by atoms with Gasteiger partial charge in [-0.3, -0.25) is 0 Å². The second-order valence-corrected chi connectivity index (χ2v) is 2.15. The molecule has 54 valence electrons. The summed E-state index contributed by atoms with van der Waals surface area (Å²) in [6, 6.07) is 9.52. The average molecular weight is 144 g/mol. The van der Waals surface area contributed by atoms with Crippen LogP contribution in [0.2, 0.25) is 0 Å². The maximum atomic E-state index is 9.95. The summed E-state index contributed by atoms with van der Waals surface area (Å²) >= 11 is 0. The number of hydrogen-bond donors (Lipinski definition) is 0. The van der Waals surface area contributed by atoms with Crippen LogP contribution >= 0.6 is 0 Å². The molecule has 0 atom stereocenters. The number of carbonyl (C=O) groups excluding carboxylic acids is 1. The standard InChI is InChI=1S/C10H8O/c1-9(7-8-11)10-5-3-2-4-6-10/h2-7H,1H2. The molecule has 0 radical (unpaired) electrons. The quantitative estimate of drug-likeness (QED) is 0.459. The summed E-state index contributed by atoms with van der Waals surface area (Å²) in [6.07, 6.45) is 1.33. The van der Waals surface area contributed by atoms with Crippen molar-refractivity contribution in [2.45, 2.75) is 0 Å². The minimum atomic E-state index is 0.695. The van der Waals surface area contributed by atoms with E-state index < -0.39 is 0 Å². The van der Waals surface area contributed by atoms with E-state index >= 15 is 0 Å². The van der Waals surface area contributed by atoms with Crippen LogP contribution in [0.25, 0.3) is 5.57 Å². The molecular weight excluding hydrogens is 136 g/mol. The minimum absolute atomic E-state index is 0.695. The molecule has 0 heterocycles. The third-order valence-electron chi connectivity index (χ3n) is 1.38. The van der Waals surface area contributed by atoms with Gasteiger partial charge in [0.25, 0.3) is 0 Å². The normalized spacial score (nSPS) is 8.36. The molecule has 1 heteroatoms. The lowest BCUT2D eigenvalue weighted by Crippen LogP contribution is -1.76. The Bertz CT molecular complexity index is 292. The summed E-state index contributed by atoms with van der Waals surface area (Å²) in [4.78, 5) is 9.95. The highest BCUT2D eigenvalue weighted by atomic mass is 16.1. The van der Waals surface area contributed by atoms with Crippen LogP contribution in [0.15, 0.2) is 43.0 Å². The number of rotatable bonds is 2. The van der Waals surface area contributed by atoms with Gasteiger partial charge in [-0.1, -0.05) is 36.9 Å². The van der Waals surface area contributed by atoms with E-state index in [1.165, 1.54) is 6.08 Å². The molecule has 0 N–H and O–H groups in total. The Balaban J connectivity index is 2.94. The second kappa shape index (κ2) is 3.55. The van der Waals surface area contributed by atoms with Crippen molar-refractivity contribution in [3.63, 3.8) is 0 Å². The van der Waals surface area contributed by atoms with Crippen LogP contribution < -0.4 is 0 Å². The first kappa shape index (κ1) is 7.52. The van der Waals surface area contributed by atoms with E-state index in [4.69, 9.17) is 0 Å². The molecule has 0 bridgehead atoms. The zero-order valence-corrected chi connectivity index (χ0v) is 6.08. The number of allylic oxidation sites excluding steroid dienone is 2. The zero-order chi connectivity index (χ0) is 8.10. The fraction of sp³-hybridized carbons (Fsp3) is 0. The van der Waals surface area contributed by atoms with Crippen molar-refractivity contribution in [3.05, 3.63) is 48.6 Å². The van der Waals surface area contributed by atoms with Crippen molar-refractivity contribution < 1.29 is 4.79 Å². The van der Waals surface area contributed by atoms with Gasteiger partial charge in [0.1, 0.15) is 5.94 Å². The largest absolute Gasteiger partial charge is 0.233 e. The number of benzene rings is 1. The van der Waals surface area contributed by atoms with Gasteiger partial charge in [0.2, 0.25) is 0 Å². The molecule has 0 aliphatic carbocycles. The van der Waals surface area contributed by atoms with Gasteiger partial charge in [0.15, 0.2) is 0 Å². The summed E-state index contributed by atoms with van der Waals surface area (Å²) in [6.45, 7) is 3.70. The fourth-order valence-corrected chi connectivity index (χ4v) is 0.807. The van der Waals surface area contributed by atoms with Gasteiger partial charge in [0.05, 0.1) is 0 Å². The molecule has 0 aliphatic rings. The Kier molecular flexibility index (Phi) is 2.42. The molecule has 1 rings (SSSR count). The van der Waals surface area contributed by atoms with Crippen molar-refractivity contribution in [2.75, 3.05) is 0 Å². The molecule has 0 unspecified atom stereocenters. The minimum Gasteiger partial charge on any atom is -0.233 e. The predicted molar refractivity (Wildman–Crippen MR) is 45.7 cm³/mol. The van der Waals surface area contributed by atoms with E-state index in [1.54, 1.807) is 5.94 Å². The van der Waals surface area contributed by atoms with E-state index in [0.29, 0.717) is 5.57 Å². The third-order valence-corrected chi connectivity index (χ3v) is 1.38. The zero-order valence-electron chi connectivity index (χ0n) is 6.08. The van der Waals surface area contributed by atoms with Crippen LogP contribution in [-0.4, -0.2) is 5.94 Å². The van der Waals surface area contributed by atoms with Crippen LogP contribution in [0.3, 0.4) is 0 Å². The molecule has 0 saturated heterocycles. The summed E-state index contributed by atoms with van der Waals surface area (Å²) in [7, 11) is 0. The van der Waals surface area contributed by atoms with E-state index in [2.05, 4.69) is 6.58 Å². The van der Waals surface area contributed by atoms with Gasteiger partial charge in [-0.15, -0.1) is 0 Å². The number of hydrogen-bond acceptors (Lipinski definition) is 1. The van der Waals surface area contributed by atoms with Gasteiger partial charge in [-0.05, 0) is 11.1 Å². The van der Waals surface area contributed by atoms with Gasteiger partial charge >= 0.3 is 0 Å². The smallest absolute Gasteiger partial charge is 0.125 e. The monoisotopic (exact) mass is 144 g/mol. The van der Waals surface area contributed by atoms with Crippen molar-refractivity contribution in [1.82, 2.24) is 0 Å². The third kappa shape index (κ3) is 1.92. The van der Waals surface area contributed by atoms with E-state index in [-0.39, 0.29) is 0 Å². The summed E-state index contributed by atoms with van der Waals surface area (Å²) in [5.41, 5.74) is 1.65. The maximum absolute atomic E-state index is 9.95. The van der Waals surface area contributed by atoms with Crippen molar-refractivity contribution >= 4 is 11.5 Å². The van der Waals surface area contributed by atoms with Gasteiger partial charge in [0, 0.05) is 6.08 Å². The van der Waals surface area contributed by atoms with E-state index in [1.807, 2.05) is 30.3 Å². The lowest BCUT2D eigenvalue weighted by atomic mass is 10.1. The Labute approximate surface area is 65.7 Å². The molecule has 0 aromatic heterocycles. The summed E-state index contributed by atoms with van der Waals surface area (Å²) in [5, 5.41) is 0. The Morgan fingerprint density at radius 2 is 2.00 bits per heavy atom. The van der Waals surface area contributed by atoms with Crippen LogP contribution in [0.4, 0.5) is 0 Å².